The van der Waals surface area contributed by atoms with Gasteiger partial charge in [-0.2, -0.15) is 8.78 Å². The molecule has 1 aromatic heterocycles. The monoisotopic (exact) mass is 380 g/mol. The third kappa shape index (κ3) is 4.59. The smallest absolute Gasteiger partial charge is 0.387 e. The van der Waals surface area contributed by atoms with Gasteiger partial charge in [-0.15, -0.1) is 11.3 Å². The second-order valence-corrected chi connectivity index (χ2v) is 7.47. The maximum atomic E-state index is 12.8. The maximum Gasteiger partial charge on any atom is 0.387 e. The topological polar surface area (TPSA) is 41.6 Å². The van der Waals surface area contributed by atoms with Gasteiger partial charge in [-0.1, -0.05) is 0 Å². The molecule has 1 atom stereocenters. The van der Waals surface area contributed by atoms with Gasteiger partial charge in [0.15, 0.2) is 0 Å². The first-order valence-electron chi connectivity index (χ1n) is 8.66. The molecule has 0 radical (unpaired) electrons. The highest BCUT2D eigenvalue weighted by Gasteiger charge is 2.25. The lowest BCUT2D eigenvalue weighted by molar-refractivity contribution is -0.0498. The molecular formula is C19H22F2N2O2S. The molecule has 0 bridgehead atoms. The van der Waals surface area contributed by atoms with Gasteiger partial charge in [-0.25, -0.2) is 0 Å². The third-order valence-electron chi connectivity index (χ3n) is 4.48. The van der Waals surface area contributed by atoms with E-state index in [9.17, 15) is 13.6 Å². The van der Waals surface area contributed by atoms with Crippen LogP contribution in [-0.2, 0) is 0 Å². The molecule has 4 nitrogen and oxygen atoms in total. The van der Waals surface area contributed by atoms with E-state index in [2.05, 4.69) is 10.1 Å². The number of likely N-dealkylation sites (tertiary alicyclic amines) is 1. The molecule has 1 saturated heterocycles. The van der Waals surface area contributed by atoms with Gasteiger partial charge < -0.3 is 15.0 Å². The maximum absolute atomic E-state index is 12.8. The van der Waals surface area contributed by atoms with Crippen molar-refractivity contribution in [2.45, 2.75) is 19.5 Å². The number of amides is 1. The number of alkyl halides is 2. The lowest BCUT2D eigenvalue weighted by Crippen LogP contribution is -2.42. The van der Waals surface area contributed by atoms with Crippen LogP contribution in [0.3, 0.4) is 0 Å². The minimum absolute atomic E-state index is 0.0692. The zero-order chi connectivity index (χ0) is 18.5. The molecule has 1 aliphatic heterocycles. The number of benzene rings is 1. The minimum atomic E-state index is -2.83. The summed E-state index contributed by atoms with van der Waals surface area (Å²) in [5.74, 6) is 0.694. The Hall–Kier alpha value is -1.99. The average molecular weight is 380 g/mol. The van der Waals surface area contributed by atoms with Crippen LogP contribution in [0.4, 0.5) is 8.78 Å². The van der Waals surface area contributed by atoms with Crippen molar-refractivity contribution in [3.63, 3.8) is 0 Å². The van der Waals surface area contributed by atoms with Gasteiger partial charge in [0, 0.05) is 18.0 Å². The molecule has 7 heteroatoms. The lowest BCUT2D eigenvalue weighted by Gasteiger charge is -2.32. The summed E-state index contributed by atoms with van der Waals surface area (Å²) in [6.45, 7) is -0.325. The summed E-state index contributed by atoms with van der Waals surface area (Å²) in [5.41, 5.74) is 0.877. The summed E-state index contributed by atoms with van der Waals surface area (Å²) in [4.78, 5) is 16.4. The highest BCUT2D eigenvalue weighted by Crippen LogP contribution is 2.31. The minimum Gasteiger partial charge on any atom is -0.435 e. The molecule has 26 heavy (non-hydrogen) atoms. The van der Waals surface area contributed by atoms with E-state index in [1.54, 1.807) is 12.1 Å². The van der Waals surface area contributed by atoms with Crippen LogP contribution >= 0.6 is 11.3 Å². The summed E-state index contributed by atoms with van der Waals surface area (Å²) in [5, 5.41) is 3.19. The number of nitrogens with one attached hydrogen (secondary N) is 1. The fourth-order valence-electron chi connectivity index (χ4n) is 3.27. The molecule has 0 saturated carbocycles. The number of hydrogen-bond donors (Lipinski definition) is 1. The quantitative estimate of drug-likeness (QED) is 0.821. The second-order valence-electron chi connectivity index (χ2n) is 6.38. The second kappa shape index (κ2) is 8.60. The predicted octanol–water partition coefficient (Wildman–Crippen LogP) is 4.09. The van der Waals surface area contributed by atoms with Crippen LogP contribution in [0.1, 0.15) is 22.5 Å². The SMILES string of the molecule is CNCC1CCCN(C(=O)c2ccc(-c3ccc(OC(F)F)cc3)s2)C1. The first-order valence-corrected chi connectivity index (χ1v) is 9.47. The van der Waals surface area contributed by atoms with Crippen molar-refractivity contribution in [1.82, 2.24) is 10.2 Å². The Morgan fingerprint density at radius 1 is 1.31 bits per heavy atom. The molecule has 1 unspecified atom stereocenters. The van der Waals surface area contributed by atoms with Gasteiger partial charge in [0.25, 0.3) is 5.91 Å². The Labute approximate surface area is 155 Å². The van der Waals surface area contributed by atoms with Crippen LogP contribution in [0.15, 0.2) is 36.4 Å². The Morgan fingerprint density at radius 3 is 2.77 bits per heavy atom. The standard InChI is InChI=1S/C19H22F2N2O2S/c1-22-11-13-3-2-10-23(12-13)18(24)17-9-8-16(26-17)14-4-6-15(7-5-14)25-19(20)21/h4-9,13,19,22H,2-3,10-12H2,1H3. The largest absolute Gasteiger partial charge is 0.435 e. The summed E-state index contributed by atoms with van der Waals surface area (Å²) < 4.78 is 28.8. The normalized spacial score (nSPS) is 17.5. The average Bonchev–Trinajstić information content (AvgIpc) is 3.12. The van der Waals surface area contributed by atoms with Crippen molar-refractivity contribution in [1.29, 1.82) is 0 Å². The van der Waals surface area contributed by atoms with E-state index in [4.69, 9.17) is 0 Å². The van der Waals surface area contributed by atoms with Crippen molar-refractivity contribution in [3.05, 3.63) is 41.3 Å². The number of carbonyl (C=O) groups is 1. The molecule has 1 aliphatic rings. The zero-order valence-corrected chi connectivity index (χ0v) is 15.4. The highest BCUT2D eigenvalue weighted by atomic mass is 32.1. The molecule has 2 heterocycles. The molecule has 3 rings (SSSR count). The number of thiophene rings is 1. The van der Waals surface area contributed by atoms with Gasteiger partial charge in [-0.05, 0) is 74.3 Å². The van der Waals surface area contributed by atoms with Crippen molar-refractivity contribution in [3.8, 4) is 16.2 Å². The number of carbonyl (C=O) groups excluding carboxylic acids is 1. The van der Waals surface area contributed by atoms with E-state index >= 15 is 0 Å². The molecule has 2 aromatic rings. The van der Waals surface area contributed by atoms with Crippen LogP contribution in [0.5, 0.6) is 5.75 Å². The molecule has 1 aromatic carbocycles. The van der Waals surface area contributed by atoms with Crippen molar-refractivity contribution >= 4 is 17.2 Å². The number of piperidine rings is 1. The molecule has 0 spiro atoms. The van der Waals surface area contributed by atoms with Crippen molar-refractivity contribution in [2.24, 2.45) is 5.92 Å². The van der Waals surface area contributed by atoms with Crippen molar-refractivity contribution in [2.75, 3.05) is 26.7 Å². The summed E-state index contributed by atoms with van der Waals surface area (Å²) in [6.07, 6.45) is 2.18. The Kier molecular flexibility index (Phi) is 6.21. The van der Waals surface area contributed by atoms with Gasteiger partial charge >= 0.3 is 6.61 Å². The molecule has 0 aliphatic carbocycles. The van der Waals surface area contributed by atoms with Crippen LogP contribution in [-0.4, -0.2) is 44.1 Å². The Morgan fingerprint density at radius 2 is 2.08 bits per heavy atom. The van der Waals surface area contributed by atoms with E-state index in [0.29, 0.717) is 10.8 Å². The van der Waals surface area contributed by atoms with Crippen molar-refractivity contribution < 1.29 is 18.3 Å². The van der Waals surface area contributed by atoms with E-state index < -0.39 is 6.61 Å². The molecular weight excluding hydrogens is 358 g/mol. The Bertz CT molecular complexity index is 731. The molecule has 1 fully saturated rings. The number of hydrogen-bond acceptors (Lipinski definition) is 4. The molecule has 1 N–H and O–H groups in total. The fraction of sp³-hybridized carbons (Fsp3) is 0.421. The molecule has 1 amide bonds. The summed E-state index contributed by atoms with van der Waals surface area (Å²) in [6, 6.07) is 10.2. The fourth-order valence-corrected chi connectivity index (χ4v) is 4.25. The predicted molar refractivity (Wildman–Crippen MR) is 98.9 cm³/mol. The van der Waals surface area contributed by atoms with Gasteiger partial charge in [0.1, 0.15) is 5.75 Å². The number of nitrogens with zero attached hydrogens (tertiary/aromatic N) is 1. The van der Waals surface area contributed by atoms with Gasteiger partial charge in [0.05, 0.1) is 4.88 Å². The van der Waals surface area contributed by atoms with E-state index in [0.717, 1.165) is 42.9 Å². The first kappa shape index (κ1) is 18.8. The molecule has 140 valence electrons. The number of ether oxygens (including phenoxy) is 1. The number of halogens is 2. The number of rotatable bonds is 6. The third-order valence-corrected chi connectivity index (χ3v) is 5.60. The van der Waals surface area contributed by atoms with E-state index in [1.165, 1.54) is 23.5 Å². The van der Waals surface area contributed by atoms with Crippen LogP contribution < -0.4 is 10.1 Å². The Balaban J connectivity index is 1.68. The van der Waals surface area contributed by atoms with E-state index in [-0.39, 0.29) is 11.7 Å². The van der Waals surface area contributed by atoms with E-state index in [1.807, 2.05) is 24.1 Å². The lowest BCUT2D eigenvalue weighted by atomic mass is 9.98. The summed E-state index contributed by atoms with van der Waals surface area (Å²) >= 11 is 1.43. The zero-order valence-electron chi connectivity index (χ0n) is 14.6. The first-order chi connectivity index (χ1) is 12.6. The van der Waals surface area contributed by atoms with Gasteiger partial charge in [0.2, 0.25) is 0 Å². The van der Waals surface area contributed by atoms with Gasteiger partial charge in [-0.3, -0.25) is 4.79 Å². The highest BCUT2D eigenvalue weighted by molar-refractivity contribution is 7.17. The van der Waals surface area contributed by atoms with Crippen LogP contribution in [0.2, 0.25) is 0 Å². The van der Waals surface area contributed by atoms with Crippen LogP contribution in [0, 0.1) is 5.92 Å². The summed E-state index contributed by atoms with van der Waals surface area (Å²) in [7, 11) is 1.93. The van der Waals surface area contributed by atoms with Crippen LogP contribution in [0.25, 0.3) is 10.4 Å².